The van der Waals surface area contributed by atoms with E-state index in [2.05, 4.69) is 42.5 Å². The monoisotopic (exact) mass is 300 g/mol. The average molecular weight is 300 g/mol. The van der Waals surface area contributed by atoms with E-state index in [0.29, 0.717) is 6.04 Å². The summed E-state index contributed by atoms with van der Waals surface area (Å²) in [6.45, 7) is 2.17. The number of likely N-dealkylation sites (N-methyl/N-ethyl adjacent to an activating group) is 1. The molecular formula is C18H24N2S. The fourth-order valence-corrected chi connectivity index (χ4v) is 4.39. The van der Waals surface area contributed by atoms with Crippen LogP contribution in [-0.4, -0.2) is 12.0 Å². The fraction of sp³-hybridized carbons (Fsp3) is 0.500. The van der Waals surface area contributed by atoms with Gasteiger partial charge in [-0.1, -0.05) is 13.0 Å². The molecule has 2 aromatic heterocycles. The maximum Gasteiger partial charge on any atom is 0.0468 e. The topological polar surface area (TPSA) is 24.9 Å². The van der Waals surface area contributed by atoms with Crippen molar-refractivity contribution in [3.63, 3.8) is 0 Å². The van der Waals surface area contributed by atoms with E-state index in [1.807, 2.05) is 17.5 Å². The predicted octanol–water partition coefficient (Wildman–Crippen LogP) is 4.09. The van der Waals surface area contributed by atoms with E-state index in [1.165, 1.54) is 41.8 Å². The zero-order valence-corrected chi connectivity index (χ0v) is 13.8. The number of nitrogens with one attached hydrogen (secondary N) is 1. The summed E-state index contributed by atoms with van der Waals surface area (Å²) in [5.41, 5.74) is 4.08. The van der Waals surface area contributed by atoms with Crippen molar-refractivity contribution < 1.29 is 0 Å². The summed E-state index contributed by atoms with van der Waals surface area (Å²) in [4.78, 5) is 7.70. The van der Waals surface area contributed by atoms with E-state index < -0.39 is 0 Å². The predicted molar refractivity (Wildman–Crippen MR) is 90.1 cm³/mol. The van der Waals surface area contributed by atoms with Crippen LogP contribution in [0.3, 0.4) is 0 Å². The second kappa shape index (κ2) is 6.71. The molecule has 0 aromatic carbocycles. The molecule has 0 spiro atoms. The Kier molecular flexibility index (Phi) is 4.71. The quantitative estimate of drug-likeness (QED) is 0.899. The summed E-state index contributed by atoms with van der Waals surface area (Å²) in [6.07, 6.45) is 9.30. The van der Waals surface area contributed by atoms with Gasteiger partial charge in [0.05, 0.1) is 0 Å². The summed E-state index contributed by atoms with van der Waals surface area (Å²) < 4.78 is 0. The molecule has 3 heteroatoms. The minimum absolute atomic E-state index is 0.389. The van der Waals surface area contributed by atoms with E-state index in [-0.39, 0.29) is 0 Å². The molecule has 21 heavy (non-hydrogen) atoms. The van der Waals surface area contributed by atoms with Gasteiger partial charge in [0.25, 0.3) is 0 Å². The van der Waals surface area contributed by atoms with Crippen LogP contribution in [0.25, 0.3) is 0 Å². The van der Waals surface area contributed by atoms with Gasteiger partial charge in [0.15, 0.2) is 0 Å². The molecule has 2 heterocycles. The lowest BCUT2D eigenvalue weighted by atomic mass is 9.98. The first-order valence-electron chi connectivity index (χ1n) is 8.02. The molecular weight excluding hydrogens is 276 g/mol. The van der Waals surface area contributed by atoms with Gasteiger partial charge < -0.3 is 5.32 Å². The Morgan fingerprint density at radius 2 is 2.14 bits per heavy atom. The van der Waals surface area contributed by atoms with Gasteiger partial charge in [0.2, 0.25) is 0 Å². The lowest BCUT2D eigenvalue weighted by Crippen LogP contribution is -2.18. The Balaban J connectivity index is 1.76. The number of rotatable bonds is 5. The molecule has 1 aliphatic carbocycles. The number of pyridine rings is 1. The minimum Gasteiger partial charge on any atom is -0.312 e. The van der Waals surface area contributed by atoms with Crippen molar-refractivity contribution in [1.29, 1.82) is 0 Å². The van der Waals surface area contributed by atoms with Gasteiger partial charge >= 0.3 is 0 Å². The van der Waals surface area contributed by atoms with Crippen molar-refractivity contribution in [2.45, 2.75) is 51.5 Å². The van der Waals surface area contributed by atoms with Crippen molar-refractivity contribution in [1.82, 2.24) is 10.3 Å². The average Bonchev–Trinajstić information content (AvgIpc) is 2.97. The number of nitrogens with zero attached hydrogens (tertiary/aromatic N) is 1. The minimum atomic E-state index is 0.389. The van der Waals surface area contributed by atoms with Crippen LogP contribution in [0.1, 0.15) is 52.4 Å². The fourth-order valence-electron chi connectivity index (χ4n) is 3.02. The standard InChI is InChI=1S/C18H24N2S/c1-3-13-8-9-15(20-12-13)11-16(19-2)18-10-14-6-4-5-7-17(14)21-18/h8-10,12,16,19H,3-7,11H2,1-2H3. The molecule has 112 valence electrons. The third-order valence-electron chi connectivity index (χ3n) is 4.42. The second-order valence-corrected chi connectivity index (χ2v) is 7.03. The zero-order valence-electron chi connectivity index (χ0n) is 13.0. The smallest absolute Gasteiger partial charge is 0.0468 e. The highest BCUT2D eigenvalue weighted by Crippen LogP contribution is 2.33. The van der Waals surface area contributed by atoms with Gasteiger partial charge in [-0.2, -0.15) is 0 Å². The summed E-state index contributed by atoms with van der Waals surface area (Å²) in [6, 6.07) is 7.20. The van der Waals surface area contributed by atoms with Gasteiger partial charge in [0, 0.05) is 34.1 Å². The Bertz CT molecular complexity index is 562. The van der Waals surface area contributed by atoms with Crippen LogP contribution in [-0.2, 0) is 25.7 Å². The summed E-state index contributed by atoms with van der Waals surface area (Å²) in [7, 11) is 2.06. The SMILES string of the molecule is CCc1ccc(CC(NC)c2cc3c(s2)CCCC3)nc1. The van der Waals surface area contributed by atoms with Crippen molar-refractivity contribution in [2.24, 2.45) is 0 Å². The first-order chi connectivity index (χ1) is 10.3. The Labute approximate surface area is 131 Å². The molecule has 1 aliphatic rings. The molecule has 3 rings (SSSR count). The number of hydrogen-bond donors (Lipinski definition) is 1. The number of thiophene rings is 1. The molecule has 0 bridgehead atoms. The molecule has 1 N–H and O–H groups in total. The maximum atomic E-state index is 4.61. The molecule has 0 saturated carbocycles. The highest BCUT2D eigenvalue weighted by Gasteiger charge is 2.18. The van der Waals surface area contributed by atoms with Crippen molar-refractivity contribution in [3.05, 3.63) is 51.0 Å². The summed E-state index contributed by atoms with van der Waals surface area (Å²) >= 11 is 2.00. The molecule has 0 aliphatic heterocycles. The van der Waals surface area contributed by atoms with E-state index in [4.69, 9.17) is 0 Å². The van der Waals surface area contributed by atoms with Crippen LogP contribution >= 0.6 is 11.3 Å². The maximum absolute atomic E-state index is 4.61. The molecule has 0 amide bonds. The highest BCUT2D eigenvalue weighted by molar-refractivity contribution is 7.12. The Hall–Kier alpha value is -1.19. The molecule has 1 unspecified atom stereocenters. The zero-order chi connectivity index (χ0) is 14.7. The van der Waals surface area contributed by atoms with E-state index in [9.17, 15) is 0 Å². The Morgan fingerprint density at radius 3 is 2.81 bits per heavy atom. The highest BCUT2D eigenvalue weighted by atomic mass is 32.1. The molecule has 0 saturated heterocycles. The number of aromatic nitrogens is 1. The molecule has 0 radical (unpaired) electrons. The lowest BCUT2D eigenvalue weighted by Gasteiger charge is -2.14. The van der Waals surface area contributed by atoms with Gasteiger partial charge in [-0.3, -0.25) is 4.98 Å². The van der Waals surface area contributed by atoms with E-state index >= 15 is 0 Å². The van der Waals surface area contributed by atoms with Crippen molar-refractivity contribution in [3.8, 4) is 0 Å². The van der Waals surface area contributed by atoms with Gasteiger partial charge in [0.1, 0.15) is 0 Å². The molecule has 1 atom stereocenters. The van der Waals surface area contributed by atoms with E-state index in [0.717, 1.165) is 12.8 Å². The van der Waals surface area contributed by atoms with Crippen LogP contribution in [0.2, 0.25) is 0 Å². The van der Waals surface area contributed by atoms with Crippen LogP contribution in [0.4, 0.5) is 0 Å². The number of fused-ring (bicyclic) bond motifs is 1. The van der Waals surface area contributed by atoms with Crippen LogP contribution < -0.4 is 5.32 Å². The summed E-state index contributed by atoms with van der Waals surface area (Å²) in [5.74, 6) is 0. The number of aryl methyl sites for hydroxylation is 3. The Morgan fingerprint density at radius 1 is 1.29 bits per heavy atom. The number of hydrogen-bond acceptors (Lipinski definition) is 3. The molecule has 2 aromatic rings. The largest absolute Gasteiger partial charge is 0.312 e. The first-order valence-corrected chi connectivity index (χ1v) is 8.84. The van der Waals surface area contributed by atoms with Gasteiger partial charge in [-0.15, -0.1) is 11.3 Å². The van der Waals surface area contributed by atoms with Crippen LogP contribution in [0.15, 0.2) is 24.4 Å². The van der Waals surface area contributed by atoms with Crippen LogP contribution in [0.5, 0.6) is 0 Å². The third-order valence-corrected chi connectivity index (χ3v) is 5.77. The molecule has 0 fully saturated rings. The first kappa shape index (κ1) is 14.7. The lowest BCUT2D eigenvalue weighted by molar-refractivity contribution is 0.593. The third kappa shape index (κ3) is 3.35. The second-order valence-electron chi connectivity index (χ2n) is 5.86. The summed E-state index contributed by atoms with van der Waals surface area (Å²) in [5, 5.41) is 3.47. The van der Waals surface area contributed by atoms with Gasteiger partial charge in [-0.25, -0.2) is 0 Å². The van der Waals surface area contributed by atoms with Gasteiger partial charge in [-0.05, 0) is 62.4 Å². The van der Waals surface area contributed by atoms with Crippen LogP contribution in [0, 0.1) is 0 Å². The van der Waals surface area contributed by atoms with Crippen molar-refractivity contribution >= 4 is 11.3 Å². The van der Waals surface area contributed by atoms with E-state index in [1.54, 1.807) is 10.4 Å². The molecule has 2 nitrogen and oxygen atoms in total. The normalized spacial score (nSPS) is 15.7. The van der Waals surface area contributed by atoms with Crippen molar-refractivity contribution in [2.75, 3.05) is 7.05 Å².